The molecule has 17 heavy (non-hydrogen) atoms. The van der Waals surface area contributed by atoms with Gasteiger partial charge in [-0.05, 0) is 56.1 Å². The summed E-state index contributed by atoms with van der Waals surface area (Å²) in [5, 5.41) is 0. The summed E-state index contributed by atoms with van der Waals surface area (Å²) in [7, 11) is 0. The topological polar surface area (TPSA) is 43.1 Å². The molecule has 2 aromatic rings. The molecule has 0 aliphatic heterocycles. The highest BCUT2D eigenvalue weighted by atomic mass is 79.9. The number of rotatable bonds is 2. The fourth-order valence-electron chi connectivity index (χ4n) is 1.34. The van der Waals surface area contributed by atoms with Gasteiger partial charge in [0.1, 0.15) is 5.82 Å². The number of carbonyl (C=O) groups is 1. The van der Waals surface area contributed by atoms with Crippen molar-refractivity contribution < 1.29 is 9.18 Å². The van der Waals surface area contributed by atoms with E-state index in [0.29, 0.717) is 4.88 Å². The van der Waals surface area contributed by atoms with E-state index in [-0.39, 0.29) is 17.0 Å². The summed E-state index contributed by atoms with van der Waals surface area (Å²) in [6.45, 7) is 0. The second-order valence-electron chi connectivity index (χ2n) is 3.33. The zero-order valence-corrected chi connectivity index (χ0v) is 12.3. The van der Waals surface area contributed by atoms with Gasteiger partial charge in [-0.2, -0.15) is 0 Å². The Morgan fingerprint density at radius 1 is 1.24 bits per heavy atom. The van der Waals surface area contributed by atoms with Crippen LogP contribution in [0.3, 0.4) is 0 Å². The Balaban J connectivity index is 2.43. The summed E-state index contributed by atoms with van der Waals surface area (Å²) in [5.74, 6) is -0.754. The summed E-state index contributed by atoms with van der Waals surface area (Å²) >= 11 is 7.89. The molecule has 1 heterocycles. The molecular formula is C11H6Br2FNOS. The molecule has 1 aromatic heterocycles. The van der Waals surface area contributed by atoms with E-state index in [1.165, 1.54) is 29.5 Å². The standard InChI is InChI=1S/C11H6Br2FNOS/c12-8-4-9(17-11(8)13)10(16)5-1-6(14)3-7(15)2-5/h1-4H,15H2. The zero-order chi connectivity index (χ0) is 12.6. The van der Waals surface area contributed by atoms with Gasteiger partial charge >= 0.3 is 0 Å². The van der Waals surface area contributed by atoms with Crippen LogP contribution in [0.2, 0.25) is 0 Å². The van der Waals surface area contributed by atoms with Crippen molar-refractivity contribution in [2.75, 3.05) is 5.73 Å². The van der Waals surface area contributed by atoms with Crippen LogP contribution in [-0.2, 0) is 0 Å². The van der Waals surface area contributed by atoms with Crippen molar-refractivity contribution in [1.29, 1.82) is 0 Å². The average molecular weight is 379 g/mol. The summed E-state index contributed by atoms with van der Waals surface area (Å²) in [4.78, 5) is 12.6. The van der Waals surface area contributed by atoms with Crippen molar-refractivity contribution in [1.82, 2.24) is 0 Å². The molecule has 0 fully saturated rings. The number of anilines is 1. The Hall–Kier alpha value is -0.720. The number of hydrogen-bond donors (Lipinski definition) is 1. The average Bonchev–Trinajstić information content (AvgIpc) is 2.57. The van der Waals surface area contributed by atoms with Crippen LogP contribution < -0.4 is 5.73 Å². The second-order valence-corrected chi connectivity index (χ2v) is 6.56. The van der Waals surface area contributed by atoms with Gasteiger partial charge in [0, 0.05) is 15.7 Å². The summed E-state index contributed by atoms with van der Waals surface area (Å²) in [6.07, 6.45) is 0. The number of thiophene rings is 1. The van der Waals surface area contributed by atoms with Gasteiger partial charge in [0.2, 0.25) is 5.78 Å². The van der Waals surface area contributed by atoms with Crippen molar-refractivity contribution in [2.24, 2.45) is 0 Å². The number of halogens is 3. The number of hydrogen-bond acceptors (Lipinski definition) is 3. The van der Waals surface area contributed by atoms with Crippen LogP contribution in [0, 0.1) is 5.82 Å². The zero-order valence-electron chi connectivity index (χ0n) is 8.34. The predicted molar refractivity (Wildman–Crippen MR) is 74.0 cm³/mol. The molecule has 0 saturated heterocycles. The molecule has 6 heteroatoms. The van der Waals surface area contributed by atoms with Crippen molar-refractivity contribution in [3.05, 3.63) is 48.8 Å². The number of nitrogen functional groups attached to an aromatic ring is 1. The summed E-state index contributed by atoms with van der Waals surface area (Å²) in [5.41, 5.74) is 6.00. The van der Waals surface area contributed by atoms with Crippen LogP contribution in [0.15, 0.2) is 32.5 Å². The Kier molecular flexibility index (Phi) is 3.65. The third kappa shape index (κ3) is 2.75. The predicted octanol–water partition coefficient (Wildman–Crippen LogP) is 4.23. The Morgan fingerprint density at radius 3 is 2.47 bits per heavy atom. The Labute approximate surface area is 118 Å². The fourth-order valence-corrected chi connectivity index (χ4v) is 3.34. The number of benzene rings is 1. The highest BCUT2D eigenvalue weighted by molar-refractivity contribution is 9.13. The molecule has 0 aliphatic carbocycles. The maximum Gasteiger partial charge on any atom is 0.203 e. The van der Waals surface area contributed by atoms with E-state index in [0.717, 1.165) is 8.26 Å². The van der Waals surface area contributed by atoms with E-state index >= 15 is 0 Å². The number of ketones is 1. The van der Waals surface area contributed by atoms with E-state index in [1.54, 1.807) is 6.07 Å². The maximum absolute atomic E-state index is 13.1. The normalized spacial score (nSPS) is 10.5. The Bertz CT molecular complexity index is 557. The molecule has 0 atom stereocenters. The van der Waals surface area contributed by atoms with Crippen LogP contribution in [-0.4, -0.2) is 5.78 Å². The summed E-state index contributed by atoms with van der Waals surface area (Å²) in [6, 6.07) is 5.52. The molecule has 0 bridgehead atoms. The van der Waals surface area contributed by atoms with E-state index < -0.39 is 5.82 Å². The van der Waals surface area contributed by atoms with Crippen LogP contribution >= 0.6 is 43.2 Å². The Morgan fingerprint density at radius 2 is 1.94 bits per heavy atom. The minimum absolute atomic E-state index is 0.239. The van der Waals surface area contributed by atoms with Crippen LogP contribution in [0.25, 0.3) is 0 Å². The van der Waals surface area contributed by atoms with Gasteiger partial charge in [0.05, 0.1) is 8.66 Å². The van der Waals surface area contributed by atoms with Gasteiger partial charge in [-0.1, -0.05) is 0 Å². The quantitative estimate of drug-likeness (QED) is 0.627. The molecule has 2 rings (SSSR count). The molecule has 0 spiro atoms. The van der Waals surface area contributed by atoms with Gasteiger partial charge in [-0.15, -0.1) is 11.3 Å². The fraction of sp³-hybridized carbons (Fsp3) is 0. The van der Waals surface area contributed by atoms with Gasteiger partial charge in [0.25, 0.3) is 0 Å². The first-order valence-corrected chi connectivity index (χ1v) is 6.93. The molecule has 2 N–H and O–H groups in total. The second kappa shape index (κ2) is 4.88. The first-order chi connectivity index (χ1) is 7.97. The van der Waals surface area contributed by atoms with Crippen LogP contribution in [0.5, 0.6) is 0 Å². The van der Waals surface area contributed by atoms with Crippen LogP contribution in [0.4, 0.5) is 10.1 Å². The first kappa shape index (κ1) is 12.7. The lowest BCUT2D eigenvalue weighted by Crippen LogP contribution is -2.00. The highest BCUT2D eigenvalue weighted by Gasteiger charge is 2.15. The molecule has 0 saturated carbocycles. The van der Waals surface area contributed by atoms with Gasteiger partial charge in [-0.3, -0.25) is 4.79 Å². The van der Waals surface area contributed by atoms with Gasteiger partial charge < -0.3 is 5.73 Å². The molecule has 1 aromatic carbocycles. The van der Waals surface area contributed by atoms with E-state index in [2.05, 4.69) is 31.9 Å². The SMILES string of the molecule is Nc1cc(F)cc(C(=O)c2cc(Br)c(Br)s2)c1. The smallest absolute Gasteiger partial charge is 0.203 e. The van der Waals surface area contributed by atoms with Gasteiger partial charge in [-0.25, -0.2) is 4.39 Å². The van der Waals surface area contributed by atoms with Crippen molar-refractivity contribution >= 4 is 54.7 Å². The lowest BCUT2D eigenvalue weighted by atomic mass is 10.1. The minimum atomic E-state index is -0.511. The lowest BCUT2D eigenvalue weighted by Gasteiger charge is -2.00. The van der Waals surface area contributed by atoms with E-state index in [4.69, 9.17) is 5.73 Å². The molecular weight excluding hydrogens is 373 g/mol. The first-order valence-electron chi connectivity index (χ1n) is 4.53. The molecule has 0 unspecified atom stereocenters. The number of carbonyl (C=O) groups excluding carboxylic acids is 1. The third-order valence-electron chi connectivity index (χ3n) is 2.05. The molecule has 88 valence electrons. The minimum Gasteiger partial charge on any atom is -0.399 e. The highest BCUT2D eigenvalue weighted by Crippen LogP contribution is 2.33. The molecule has 0 radical (unpaired) electrons. The van der Waals surface area contributed by atoms with Gasteiger partial charge in [0.15, 0.2) is 0 Å². The van der Waals surface area contributed by atoms with Crippen LogP contribution in [0.1, 0.15) is 15.2 Å². The van der Waals surface area contributed by atoms with E-state index in [1.807, 2.05) is 0 Å². The van der Waals surface area contributed by atoms with Crippen molar-refractivity contribution in [3.8, 4) is 0 Å². The molecule has 2 nitrogen and oxygen atoms in total. The summed E-state index contributed by atoms with van der Waals surface area (Å²) < 4.78 is 14.8. The maximum atomic E-state index is 13.1. The van der Waals surface area contributed by atoms with Crippen molar-refractivity contribution in [2.45, 2.75) is 0 Å². The molecule has 0 amide bonds. The largest absolute Gasteiger partial charge is 0.399 e. The number of nitrogens with two attached hydrogens (primary N) is 1. The third-order valence-corrected chi connectivity index (χ3v) is 5.31. The van der Waals surface area contributed by atoms with Crippen molar-refractivity contribution in [3.63, 3.8) is 0 Å². The lowest BCUT2D eigenvalue weighted by molar-refractivity contribution is 0.104. The monoisotopic (exact) mass is 377 g/mol. The molecule has 0 aliphatic rings. The van der Waals surface area contributed by atoms with E-state index in [9.17, 15) is 9.18 Å².